The molecule has 0 radical (unpaired) electrons. The molecule has 0 saturated carbocycles. The number of ether oxygens (including phenoxy) is 3. The summed E-state index contributed by atoms with van der Waals surface area (Å²) >= 11 is 1.48. The van der Waals surface area contributed by atoms with Gasteiger partial charge in [-0.2, -0.15) is 9.71 Å². The Morgan fingerprint density at radius 2 is 1.71 bits per heavy atom. The minimum absolute atomic E-state index is 0.00337. The standard InChI is InChI=1S/C25H24N4O7S2/c1-34-20-5-3-4-6-21(20)36-22-24(28-38(32,33)19-9-7-18(37-2)8-10-19)26-23(27-25(22)35-16-15-30)17-11-13-29(31)14-12-17/h3-14,30H,15-16H2,1-2H3,(H,26,27,28). The average molecular weight is 557 g/mol. The summed E-state index contributed by atoms with van der Waals surface area (Å²) in [6, 6.07) is 16.0. The molecule has 0 amide bonds. The minimum Gasteiger partial charge on any atom is -0.619 e. The molecule has 13 heteroatoms. The molecule has 0 fully saturated rings. The maximum atomic E-state index is 13.4. The Morgan fingerprint density at radius 3 is 2.34 bits per heavy atom. The van der Waals surface area contributed by atoms with E-state index in [9.17, 15) is 18.7 Å². The molecule has 0 spiro atoms. The molecule has 11 nitrogen and oxygen atoms in total. The number of hydrogen-bond donors (Lipinski definition) is 2. The van der Waals surface area contributed by atoms with Gasteiger partial charge in [-0.25, -0.2) is 13.4 Å². The zero-order valence-electron chi connectivity index (χ0n) is 20.4. The van der Waals surface area contributed by atoms with Gasteiger partial charge in [-0.05, 0) is 42.7 Å². The molecule has 0 aliphatic rings. The van der Waals surface area contributed by atoms with Crippen molar-refractivity contribution in [1.82, 2.24) is 9.97 Å². The van der Waals surface area contributed by atoms with Gasteiger partial charge in [-0.1, -0.05) is 12.1 Å². The number of nitrogens with one attached hydrogen (secondary N) is 1. The molecular weight excluding hydrogens is 532 g/mol. The van der Waals surface area contributed by atoms with Crippen molar-refractivity contribution < 1.29 is 32.5 Å². The molecule has 4 aromatic rings. The Kier molecular flexibility index (Phi) is 8.51. The van der Waals surface area contributed by atoms with Gasteiger partial charge in [0, 0.05) is 22.6 Å². The molecule has 0 aliphatic heterocycles. The lowest BCUT2D eigenvalue weighted by Crippen LogP contribution is -2.23. The topological polar surface area (TPSA) is 147 Å². The van der Waals surface area contributed by atoms with Gasteiger partial charge >= 0.3 is 0 Å². The Balaban J connectivity index is 1.87. The Hall–Kier alpha value is -4.07. The highest BCUT2D eigenvalue weighted by atomic mass is 32.2. The van der Waals surface area contributed by atoms with Gasteiger partial charge in [0.2, 0.25) is 5.75 Å². The van der Waals surface area contributed by atoms with Gasteiger partial charge in [0.05, 0.1) is 18.6 Å². The van der Waals surface area contributed by atoms with Crippen LogP contribution in [-0.2, 0) is 10.0 Å². The van der Waals surface area contributed by atoms with Crippen molar-refractivity contribution in [3.8, 4) is 34.5 Å². The molecule has 2 aromatic heterocycles. The summed E-state index contributed by atoms with van der Waals surface area (Å²) in [4.78, 5) is 9.70. The highest BCUT2D eigenvalue weighted by Crippen LogP contribution is 2.41. The second-order valence-electron chi connectivity index (χ2n) is 7.58. The average Bonchev–Trinajstić information content (AvgIpc) is 2.93. The van der Waals surface area contributed by atoms with E-state index in [1.54, 1.807) is 36.4 Å². The van der Waals surface area contributed by atoms with Crippen molar-refractivity contribution in [2.24, 2.45) is 0 Å². The van der Waals surface area contributed by atoms with Gasteiger partial charge in [0.15, 0.2) is 35.5 Å². The highest BCUT2D eigenvalue weighted by molar-refractivity contribution is 7.98. The summed E-state index contributed by atoms with van der Waals surface area (Å²) in [6.07, 6.45) is 4.39. The molecule has 0 atom stereocenters. The number of benzene rings is 2. The van der Waals surface area contributed by atoms with Crippen LogP contribution < -0.4 is 23.7 Å². The monoisotopic (exact) mass is 556 g/mol. The third-order valence-corrected chi connectivity index (χ3v) is 7.21. The van der Waals surface area contributed by atoms with E-state index in [-0.39, 0.29) is 47.1 Å². The van der Waals surface area contributed by atoms with Crippen LogP contribution in [0.3, 0.4) is 0 Å². The zero-order valence-corrected chi connectivity index (χ0v) is 22.0. The molecule has 198 valence electrons. The molecule has 0 bridgehead atoms. The lowest BCUT2D eigenvalue weighted by molar-refractivity contribution is -0.605. The predicted octanol–water partition coefficient (Wildman–Crippen LogP) is 3.47. The summed E-state index contributed by atoms with van der Waals surface area (Å²) in [7, 11) is -2.67. The quantitative estimate of drug-likeness (QED) is 0.160. The summed E-state index contributed by atoms with van der Waals surface area (Å²) < 4.78 is 46.8. The number of thioether (sulfide) groups is 1. The van der Waals surface area contributed by atoms with Crippen molar-refractivity contribution in [3.05, 3.63) is 78.3 Å². The minimum atomic E-state index is -4.13. The van der Waals surface area contributed by atoms with E-state index in [0.29, 0.717) is 16.0 Å². The maximum absolute atomic E-state index is 13.4. The highest BCUT2D eigenvalue weighted by Gasteiger charge is 2.25. The molecule has 2 aromatic carbocycles. The maximum Gasteiger partial charge on any atom is 0.263 e. The fourth-order valence-electron chi connectivity index (χ4n) is 3.28. The Labute approximate surface area is 223 Å². The molecule has 0 saturated heterocycles. The number of anilines is 1. The van der Waals surface area contributed by atoms with E-state index in [1.165, 1.54) is 55.5 Å². The zero-order chi connectivity index (χ0) is 27.1. The number of methoxy groups -OCH3 is 1. The Morgan fingerprint density at radius 1 is 1.03 bits per heavy atom. The van der Waals surface area contributed by atoms with Crippen LogP contribution in [0, 0.1) is 5.21 Å². The first kappa shape index (κ1) is 27.0. The first-order valence-corrected chi connectivity index (χ1v) is 13.9. The summed E-state index contributed by atoms with van der Waals surface area (Å²) in [5.41, 5.74) is 0.416. The van der Waals surface area contributed by atoms with Crippen LogP contribution in [0.25, 0.3) is 11.4 Å². The smallest absolute Gasteiger partial charge is 0.263 e. The van der Waals surface area contributed by atoms with Crippen molar-refractivity contribution >= 4 is 27.6 Å². The van der Waals surface area contributed by atoms with Crippen LogP contribution in [-0.4, -0.2) is 50.1 Å². The van der Waals surface area contributed by atoms with Crippen molar-refractivity contribution in [3.63, 3.8) is 0 Å². The lowest BCUT2D eigenvalue weighted by Gasteiger charge is -2.18. The molecule has 4 rings (SSSR count). The molecule has 2 N–H and O–H groups in total. The summed E-state index contributed by atoms with van der Waals surface area (Å²) in [5.74, 6) is 0.171. The van der Waals surface area contributed by atoms with Crippen LogP contribution in [0.2, 0.25) is 0 Å². The predicted molar refractivity (Wildman–Crippen MR) is 141 cm³/mol. The SMILES string of the molecule is COc1ccccc1Oc1c(NS(=O)(=O)c2ccc(SC)cc2)nc(-c2cc[n+]([O-])cc2)nc1OCCO. The molecule has 0 unspecified atom stereocenters. The number of aliphatic hydroxyl groups excluding tert-OH is 1. The van der Waals surface area contributed by atoms with E-state index in [4.69, 9.17) is 14.2 Å². The lowest BCUT2D eigenvalue weighted by atomic mass is 10.2. The largest absolute Gasteiger partial charge is 0.619 e. The first-order valence-electron chi connectivity index (χ1n) is 11.2. The second-order valence-corrected chi connectivity index (χ2v) is 10.1. The molecular formula is C25H24N4O7S2. The third kappa shape index (κ3) is 6.25. The number of hydrogen-bond acceptors (Lipinski definition) is 10. The number of sulfonamides is 1. The van der Waals surface area contributed by atoms with E-state index < -0.39 is 10.0 Å². The number of para-hydroxylation sites is 2. The van der Waals surface area contributed by atoms with Crippen LogP contribution in [0.4, 0.5) is 5.82 Å². The number of aromatic nitrogens is 3. The van der Waals surface area contributed by atoms with Crippen LogP contribution in [0.15, 0.2) is 82.8 Å². The van der Waals surface area contributed by atoms with Gasteiger partial charge < -0.3 is 24.5 Å². The van der Waals surface area contributed by atoms with E-state index in [2.05, 4.69) is 14.7 Å². The van der Waals surface area contributed by atoms with Crippen LogP contribution in [0.5, 0.6) is 23.1 Å². The van der Waals surface area contributed by atoms with E-state index >= 15 is 0 Å². The molecule has 38 heavy (non-hydrogen) atoms. The van der Waals surface area contributed by atoms with Gasteiger partial charge in [0.25, 0.3) is 15.9 Å². The van der Waals surface area contributed by atoms with E-state index in [0.717, 1.165) is 4.90 Å². The van der Waals surface area contributed by atoms with Gasteiger partial charge in [-0.3, -0.25) is 4.72 Å². The van der Waals surface area contributed by atoms with Crippen molar-refractivity contribution in [2.45, 2.75) is 9.79 Å². The summed E-state index contributed by atoms with van der Waals surface area (Å²) in [5, 5.41) is 20.9. The van der Waals surface area contributed by atoms with Crippen molar-refractivity contribution in [2.75, 3.05) is 31.3 Å². The van der Waals surface area contributed by atoms with Crippen LogP contribution in [0.1, 0.15) is 0 Å². The molecule has 2 heterocycles. The normalized spacial score (nSPS) is 11.1. The number of aliphatic hydroxyl groups is 1. The second kappa shape index (κ2) is 12.0. The van der Waals surface area contributed by atoms with Crippen LogP contribution >= 0.6 is 11.8 Å². The number of nitrogens with zero attached hydrogens (tertiary/aromatic N) is 3. The van der Waals surface area contributed by atoms with Crippen molar-refractivity contribution in [1.29, 1.82) is 0 Å². The summed E-state index contributed by atoms with van der Waals surface area (Å²) in [6.45, 7) is -0.492. The van der Waals surface area contributed by atoms with E-state index in [1.807, 2.05) is 6.26 Å². The fourth-order valence-corrected chi connectivity index (χ4v) is 4.69. The van der Waals surface area contributed by atoms with Gasteiger partial charge in [-0.15, -0.1) is 11.8 Å². The third-order valence-electron chi connectivity index (χ3n) is 5.11. The number of pyridine rings is 1. The Bertz CT molecular complexity index is 1500. The first-order chi connectivity index (χ1) is 18.3. The fraction of sp³-hybridized carbons (Fsp3) is 0.160. The number of rotatable bonds is 11. The molecule has 0 aliphatic carbocycles. The van der Waals surface area contributed by atoms with Gasteiger partial charge in [0.1, 0.15) is 6.61 Å².